The standard InChI is InChI=1S/C12H21N3/c1-3-6-11-12-14-10(4-2)9-15(12)8-5-7-13-11/h9,11,13H,3-8H2,1-2H3. The molecule has 1 aliphatic rings. The summed E-state index contributed by atoms with van der Waals surface area (Å²) in [5, 5.41) is 3.59. The molecule has 1 aromatic heterocycles. The van der Waals surface area contributed by atoms with Crippen LogP contribution in [0, 0.1) is 0 Å². The van der Waals surface area contributed by atoms with Gasteiger partial charge >= 0.3 is 0 Å². The van der Waals surface area contributed by atoms with Crippen molar-refractivity contribution in [1.29, 1.82) is 0 Å². The summed E-state index contributed by atoms with van der Waals surface area (Å²) in [6.45, 7) is 6.65. The van der Waals surface area contributed by atoms with Gasteiger partial charge in [-0.15, -0.1) is 0 Å². The summed E-state index contributed by atoms with van der Waals surface area (Å²) in [7, 11) is 0. The molecule has 0 saturated carbocycles. The van der Waals surface area contributed by atoms with Crippen molar-refractivity contribution in [1.82, 2.24) is 14.9 Å². The van der Waals surface area contributed by atoms with E-state index in [0.29, 0.717) is 6.04 Å². The minimum absolute atomic E-state index is 0.470. The number of nitrogens with one attached hydrogen (secondary N) is 1. The summed E-state index contributed by atoms with van der Waals surface area (Å²) in [6, 6.07) is 0.470. The van der Waals surface area contributed by atoms with Gasteiger partial charge in [-0.05, 0) is 25.8 Å². The predicted octanol–water partition coefficient (Wildman–Crippen LogP) is 2.28. The lowest BCUT2D eigenvalue weighted by Gasteiger charge is -2.14. The number of fused-ring (bicyclic) bond motifs is 1. The van der Waals surface area contributed by atoms with Gasteiger partial charge in [0.05, 0.1) is 11.7 Å². The van der Waals surface area contributed by atoms with E-state index in [9.17, 15) is 0 Å². The number of rotatable bonds is 3. The zero-order valence-electron chi connectivity index (χ0n) is 9.79. The highest BCUT2D eigenvalue weighted by molar-refractivity contribution is 5.09. The molecule has 0 saturated heterocycles. The van der Waals surface area contributed by atoms with Crippen LogP contribution in [0.4, 0.5) is 0 Å². The normalized spacial score (nSPS) is 21.1. The SMILES string of the molecule is CCCC1NCCCn2cc(CC)nc21. The van der Waals surface area contributed by atoms with Crippen LogP contribution in [0.2, 0.25) is 0 Å². The second-order valence-corrected chi connectivity index (χ2v) is 4.29. The number of aromatic nitrogens is 2. The summed E-state index contributed by atoms with van der Waals surface area (Å²) in [5.41, 5.74) is 1.23. The highest BCUT2D eigenvalue weighted by atomic mass is 15.1. The highest BCUT2D eigenvalue weighted by Gasteiger charge is 2.19. The molecule has 3 nitrogen and oxygen atoms in total. The molecule has 0 aliphatic carbocycles. The largest absolute Gasteiger partial charge is 0.333 e. The van der Waals surface area contributed by atoms with Gasteiger partial charge in [0, 0.05) is 12.7 Å². The van der Waals surface area contributed by atoms with Gasteiger partial charge in [-0.1, -0.05) is 20.3 Å². The van der Waals surface area contributed by atoms with E-state index in [4.69, 9.17) is 4.98 Å². The molecular weight excluding hydrogens is 186 g/mol. The van der Waals surface area contributed by atoms with Crippen LogP contribution in [-0.4, -0.2) is 16.1 Å². The monoisotopic (exact) mass is 207 g/mol. The average molecular weight is 207 g/mol. The molecule has 0 spiro atoms. The first kappa shape index (κ1) is 10.7. The van der Waals surface area contributed by atoms with E-state index < -0.39 is 0 Å². The van der Waals surface area contributed by atoms with Gasteiger partial charge in [-0.25, -0.2) is 4.98 Å². The maximum Gasteiger partial charge on any atom is 0.126 e. The second kappa shape index (κ2) is 4.79. The van der Waals surface area contributed by atoms with Gasteiger partial charge in [-0.2, -0.15) is 0 Å². The van der Waals surface area contributed by atoms with Gasteiger partial charge < -0.3 is 9.88 Å². The first-order valence-corrected chi connectivity index (χ1v) is 6.14. The summed E-state index contributed by atoms with van der Waals surface area (Å²) in [5.74, 6) is 1.26. The van der Waals surface area contributed by atoms with Gasteiger partial charge in [0.1, 0.15) is 5.82 Å². The number of aryl methyl sites for hydroxylation is 2. The van der Waals surface area contributed by atoms with E-state index in [0.717, 1.165) is 19.5 Å². The fourth-order valence-corrected chi connectivity index (χ4v) is 2.25. The van der Waals surface area contributed by atoms with Crippen LogP contribution >= 0.6 is 0 Å². The Hall–Kier alpha value is -0.830. The highest BCUT2D eigenvalue weighted by Crippen LogP contribution is 2.21. The van der Waals surface area contributed by atoms with Crippen molar-refractivity contribution in [2.75, 3.05) is 6.54 Å². The minimum atomic E-state index is 0.470. The summed E-state index contributed by atoms with van der Waals surface area (Å²) in [4.78, 5) is 4.73. The molecule has 2 heterocycles. The molecular formula is C12H21N3. The zero-order chi connectivity index (χ0) is 10.7. The van der Waals surface area contributed by atoms with Crippen molar-refractivity contribution in [3.63, 3.8) is 0 Å². The van der Waals surface area contributed by atoms with Crippen LogP contribution in [0.25, 0.3) is 0 Å². The molecule has 1 N–H and O–H groups in total. The van der Waals surface area contributed by atoms with Crippen LogP contribution in [0.1, 0.15) is 50.7 Å². The predicted molar refractivity (Wildman–Crippen MR) is 61.9 cm³/mol. The number of nitrogens with zero attached hydrogens (tertiary/aromatic N) is 2. The molecule has 0 radical (unpaired) electrons. The molecule has 1 aromatic rings. The zero-order valence-corrected chi connectivity index (χ0v) is 9.79. The summed E-state index contributed by atoms with van der Waals surface area (Å²) < 4.78 is 2.35. The Morgan fingerprint density at radius 1 is 1.53 bits per heavy atom. The summed E-state index contributed by atoms with van der Waals surface area (Å²) in [6.07, 6.45) is 6.89. The van der Waals surface area contributed by atoms with Crippen LogP contribution in [0.5, 0.6) is 0 Å². The molecule has 15 heavy (non-hydrogen) atoms. The molecule has 0 amide bonds. The Morgan fingerprint density at radius 3 is 3.13 bits per heavy atom. The van der Waals surface area contributed by atoms with Gasteiger partial charge in [-0.3, -0.25) is 0 Å². The van der Waals surface area contributed by atoms with Gasteiger partial charge in [0.15, 0.2) is 0 Å². The van der Waals surface area contributed by atoms with Crippen molar-refractivity contribution in [3.8, 4) is 0 Å². The van der Waals surface area contributed by atoms with Crippen LogP contribution in [0.3, 0.4) is 0 Å². The average Bonchev–Trinajstić information content (AvgIpc) is 2.58. The van der Waals surface area contributed by atoms with Crippen molar-refractivity contribution < 1.29 is 0 Å². The van der Waals surface area contributed by atoms with E-state index in [1.165, 1.54) is 30.8 Å². The lowest BCUT2D eigenvalue weighted by atomic mass is 10.1. The second-order valence-electron chi connectivity index (χ2n) is 4.29. The quantitative estimate of drug-likeness (QED) is 0.824. The first-order chi connectivity index (χ1) is 7.35. The van der Waals surface area contributed by atoms with Crippen LogP contribution in [-0.2, 0) is 13.0 Å². The Labute approximate surface area is 91.9 Å². The van der Waals surface area contributed by atoms with Crippen LogP contribution < -0.4 is 5.32 Å². The van der Waals surface area contributed by atoms with E-state index >= 15 is 0 Å². The lowest BCUT2D eigenvalue weighted by Crippen LogP contribution is -2.21. The molecule has 1 unspecified atom stereocenters. The number of hydrogen-bond donors (Lipinski definition) is 1. The Bertz CT molecular complexity index is 317. The maximum atomic E-state index is 4.73. The maximum absolute atomic E-state index is 4.73. The smallest absolute Gasteiger partial charge is 0.126 e. The van der Waals surface area contributed by atoms with E-state index in [1.54, 1.807) is 0 Å². The molecule has 1 atom stereocenters. The van der Waals surface area contributed by atoms with Crippen molar-refractivity contribution in [2.45, 2.75) is 52.1 Å². The third kappa shape index (κ3) is 2.23. The topological polar surface area (TPSA) is 29.9 Å². The molecule has 0 aromatic carbocycles. The molecule has 2 rings (SSSR count). The van der Waals surface area contributed by atoms with Crippen molar-refractivity contribution in [3.05, 3.63) is 17.7 Å². The fraction of sp³-hybridized carbons (Fsp3) is 0.750. The Balaban J connectivity index is 2.26. The summed E-state index contributed by atoms with van der Waals surface area (Å²) >= 11 is 0. The van der Waals surface area contributed by atoms with E-state index in [1.807, 2.05) is 0 Å². The minimum Gasteiger partial charge on any atom is -0.333 e. The van der Waals surface area contributed by atoms with Crippen LogP contribution in [0.15, 0.2) is 6.20 Å². The number of hydrogen-bond acceptors (Lipinski definition) is 2. The Morgan fingerprint density at radius 2 is 2.40 bits per heavy atom. The third-order valence-electron chi connectivity index (χ3n) is 3.08. The molecule has 0 bridgehead atoms. The fourth-order valence-electron chi connectivity index (χ4n) is 2.25. The van der Waals surface area contributed by atoms with Crippen molar-refractivity contribution in [2.24, 2.45) is 0 Å². The number of imidazole rings is 1. The molecule has 84 valence electrons. The van der Waals surface area contributed by atoms with Gasteiger partial charge in [0.2, 0.25) is 0 Å². The third-order valence-corrected chi connectivity index (χ3v) is 3.08. The van der Waals surface area contributed by atoms with E-state index in [2.05, 4.69) is 29.9 Å². The lowest BCUT2D eigenvalue weighted by molar-refractivity contribution is 0.488. The molecule has 0 fully saturated rings. The Kier molecular flexibility index (Phi) is 3.41. The van der Waals surface area contributed by atoms with Gasteiger partial charge in [0.25, 0.3) is 0 Å². The molecule has 1 aliphatic heterocycles. The first-order valence-electron chi connectivity index (χ1n) is 6.14. The van der Waals surface area contributed by atoms with E-state index in [-0.39, 0.29) is 0 Å². The van der Waals surface area contributed by atoms with Crippen molar-refractivity contribution >= 4 is 0 Å². The molecule has 3 heteroatoms.